The Bertz CT molecular complexity index is 966. The molecule has 158 valence electrons. The zero-order chi connectivity index (χ0) is 20.9. The molecule has 1 atom stereocenters. The lowest BCUT2D eigenvalue weighted by atomic mass is 9.95. The second-order valence-corrected chi connectivity index (χ2v) is 9.47. The first kappa shape index (κ1) is 21.1. The Morgan fingerprint density at radius 1 is 1.23 bits per heavy atom. The van der Waals surface area contributed by atoms with Gasteiger partial charge in [-0.3, -0.25) is 4.79 Å². The predicted octanol–water partition coefficient (Wildman–Crippen LogP) is 5.29. The number of carbonyl (C=O) groups excluding carboxylic acids is 1. The van der Waals surface area contributed by atoms with Gasteiger partial charge in [-0.15, -0.1) is 21.5 Å². The van der Waals surface area contributed by atoms with Crippen LogP contribution in [-0.4, -0.2) is 26.4 Å². The van der Waals surface area contributed by atoms with Crippen LogP contribution in [0, 0.1) is 12.7 Å². The number of carbonyl (C=O) groups is 1. The Kier molecular flexibility index (Phi) is 6.84. The van der Waals surface area contributed by atoms with Crippen LogP contribution in [0.1, 0.15) is 60.5 Å². The van der Waals surface area contributed by atoms with E-state index in [9.17, 15) is 9.18 Å². The zero-order valence-electron chi connectivity index (χ0n) is 16.9. The normalized spacial score (nSPS) is 15.8. The molecule has 1 fully saturated rings. The standard InChI is InChI=1S/C22H25FN4OS2/c1-15-25-26-22(27(15)18-6-3-2-4-7-18)30-14-20(28)24-21(19-8-5-13-29-19)16-9-11-17(23)12-10-16/h5,8-13,18,21H,2-4,6-7,14H2,1H3,(H,24,28)/t21-/m1/s1. The van der Waals surface area contributed by atoms with Gasteiger partial charge in [0.25, 0.3) is 0 Å². The minimum atomic E-state index is -0.295. The molecule has 1 aromatic carbocycles. The maximum atomic E-state index is 13.4. The van der Waals surface area contributed by atoms with Crippen LogP contribution in [0.15, 0.2) is 46.9 Å². The number of benzene rings is 1. The summed E-state index contributed by atoms with van der Waals surface area (Å²) in [4.78, 5) is 13.8. The van der Waals surface area contributed by atoms with Gasteiger partial charge in [0.1, 0.15) is 11.6 Å². The quantitative estimate of drug-likeness (QED) is 0.503. The average molecular weight is 445 g/mol. The van der Waals surface area contributed by atoms with Crippen LogP contribution in [0.5, 0.6) is 0 Å². The summed E-state index contributed by atoms with van der Waals surface area (Å²) in [5, 5.41) is 14.5. The first-order chi connectivity index (χ1) is 14.6. The lowest BCUT2D eigenvalue weighted by Gasteiger charge is -2.25. The molecule has 30 heavy (non-hydrogen) atoms. The Labute approximate surface area is 184 Å². The van der Waals surface area contributed by atoms with Gasteiger partial charge >= 0.3 is 0 Å². The maximum Gasteiger partial charge on any atom is 0.231 e. The number of halogens is 1. The molecule has 4 rings (SSSR count). The molecule has 5 nitrogen and oxygen atoms in total. The predicted molar refractivity (Wildman–Crippen MR) is 118 cm³/mol. The van der Waals surface area contributed by atoms with E-state index in [1.165, 1.54) is 43.2 Å². The molecular weight excluding hydrogens is 419 g/mol. The number of rotatable bonds is 7. The van der Waals surface area contributed by atoms with E-state index in [-0.39, 0.29) is 23.5 Å². The topological polar surface area (TPSA) is 59.8 Å². The highest BCUT2D eigenvalue weighted by molar-refractivity contribution is 7.99. The highest BCUT2D eigenvalue weighted by Crippen LogP contribution is 2.32. The van der Waals surface area contributed by atoms with E-state index < -0.39 is 0 Å². The molecule has 1 N–H and O–H groups in total. The van der Waals surface area contributed by atoms with Crippen molar-refractivity contribution in [2.75, 3.05) is 5.75 Å². The van der Waals surface area contributed by atoms with Crippen molar-refractivity contribution in [2.24, 2.45) is 0 Å². The molecule has 1 aliphatic carbocycles. The Morgan fingerprint density at radius 2 is 2.00 bits per heavy atom. The van der Waals surface area contributed by atoms with Gasteiger partial charge in [-0.25, -0.2) is 4.39 Å². The van der Waals surface area contributed by atoms with Gasteiger partial charge in [0.2, 0.25) is 5.91 Å². The number of thioether (sulfide) groups is 1. The number of thiophene rings is 1. The van der Waals surface area contributed by atoms with Gasteiger partial charge in [0, 0.05) is 10.9 Å². The van der Waals surface area contributed by atoms with Gasteiger partial charge < -0.3 is 9.88 Å². The van der Waals surface area contributed by atoms with Crippen LogP contribution in [0.4, 0.5) is 4.39 Å². The van der Waals surface area contributed by atoms with Crippen LogP contribution < -0.4 is 5.32 Å². The number of hydrogen-bond acceptors (Lipinski definition) is 5. The lowest BCUT2D eigenvalue weighted by Crippen LogP contribution is -2.30. The van der Waals surface area contributed by atoms with E-state index in [1.807, 2.05) is 24.4 Å². The van der Waals surface area contributed by atoms with Gasteiger partial charge in [0.05, 0.1) is 11.8 Å². The second-order valence-electron chi connectivity index (χ2n) is 7.55. The van der Waals surface area contributed by atoms with Crippen molar-refractivity contribution < 1.29 is 9.18 Å². The molecule has 1 saturated carbocycles. The number of nitrogens with one attached hydrogen (secondary N) is 1. The summed E-state index contributed by atoms with van der Waals surface area (Å²) in [5.41, 5.74) is 0.860. The minimum Gasteiger partial charge on any atom is -0.344 e. The molecule has 8 heteroatoms. The van der Waals surface area contributed by atoms with E-state index in [0.29, 0.717) is 6.04 Å². The number of nitrogens with zero attached hydrogens (tertiary/aromatic N) is 3. The molecule has 0 unspecified atom stereocenters. The maximum absolute atomic E-state index is 13.4. The number of aromatic nitrogens is 3. The van der Waals surface area contributed by atoms with Crippen molar-refractivity contribution in [3.8, 4) is 0 Å². The van der Waals surface area contributed by atoms with E-state index in [2.05, 4.69) is 20.1 Å². The van der Waals surface area contributed by atoms with Crippen molar-refractivity contribution >= 4 is 29.0 Å². The van der Waals surface area contributed by atoms with Crippen molar-refractivity contribution in [1.29, 1.82) is 0 Å². The van der Waals surface area contributed by atoms with E-state index in [4.69, 9.17) is 0 Å². The van der Waals surface area contributed by atoms with Crippen molar-refractivity contribution in [2.45, 2.75) is 56.3 Å². The van der Waals surface area contributed by atoms with Gasteiger partial charge in [-0.1, -0.05) is 49.2 Å². The number of amides is 1. The SMILES string of the molecule is Cc1nnc(SCC(=O)N[C@H](c2ccc(F)cc2)c2cccs2)n1C1CCCCC1. The van der Waals surface area contributed by atoms with Crippen LogP contribution >= 0.6 is 23.1 Å². The highest BCUT2D eigenvalue weighted by atomic mass is 32.2. The molecule has 0 saturated heterocycles. The summed E-state index contributed by atoms with van der Waals surface area (Å²) in [7, 11) is 0. The third kappa shape index (κ3) is 4.92. The minimum absolute atomic E-state index is 0.0847. The van der Waals surface area contributed by atoms with Crippen molar-refractivity contribution in [3.63, 3.8) is 0 Å². The smallest absolute Gasteiger partial charge is 0.231 e. The molecule has 0 bridgehead atoms. The van der Waals surface area contributed by atoms with Crippen LogP contribution in [-0.2, 0) is 4.79 Å². The van der Waals surface area contributed by atoms with Crippen LogP contribution in [0.25, 0.3) is 0 Å². The molecule has 0 radical (unpaired) electrons. The lowest BCUT2D eigenvalue weighted by molar-refractivity contribution is -0.119. The third-order valence-corrected chi connectivity index (χ3v) is 7.32. The second kappa shape index (κ2) is 9.75. The molecule has 2 aromatic heterocycles. The highest BCUT2D eigenvalue weighted by Gasteiger charge is 2.23. The summed E-state index contributed by atoms with van der Waals surface area (Å²) in [6.07, 6.45) is 6.03. The van der Waals surface area contributed by atoms with Crippen LogP contribution in [0.2, 0.25) is 0 Å². The van der Waals surface area contributed by atoms with Crippen LogP contribution in [0.3, 0.4) is 0 Å². The Balaban J connectivity index is 1.44. The fourth-order valence-corrected chi connectivity index (χ4v) is 5.64. The van der Waals surface area contributed by atoms with Gasteiger partial charge in [0.15, 0.2) is 5.16 Å². The first-order valence-electron chi connectivity index (χ1n) is 10.2. The number of hydrogen-bond donors (Lipinski definition) is 1. The van der Waals surface area contributed by atoms with Gasteiger partial charge in [-0.05, 0) is 48.9 Å². The number of aryl methyl sites for hydroxylation is 1. The summed E-state index contributed by atoms with van der Waals surface area (Å²) in [6, 6.07) is 10.3. The monoisotopic (exact) mass is 444 g/mol. The third-order valence-electron chi connectivity index (χ3n) is 5.44. The fraction of sp³-hybridized carbons (Fsp3) is 0.409. The van der Waals surface area contributed by atoms with Crippen molar-refractivity contribution in [3.05, 3.63) is 63.9 Å². The summed E-state index contributed by atoms with van der Waals surface area (Å²) < 4.78 is 15.6. The van der Waals surface area contributed by atoms with Gasteiger partial charge in [-0.2, -0.15) is 0 Å². The largest absolute Gasteiger partial charge is 0.344 e. The van der Waals surface area contributed by atoms with E-state index >= 15 is 0 Å². The Hall–Kier alpha value is -2.19. The van der Waals surface area contributed by atoms with Crippen molar-refractivity contribution in [1.82, 2.24) is 20.1 Å². The van der Waals surface area contributed by atoms with E-state index in [1.54, 1.807) is 23.5 Å². The molecule has 1 amide bonds. The molecule has 1 aliphatic rings. The molecule has 0 spiro atoms. The zero-order valence-corrected chi connectivity index (χ0v) is 18.5. The van der Waals surface area contributed by atoms with E-state index in [0.717, 1.165) is 34.3 Å². The Morgan fingerprint density at radius 3 is 2.70 bits per heavy atom. The molecule has 2 heterocycles. The molecular formula is C22H25FN4OS2. The molecule has 0 aliphatic heterocycles. The summed E-state index contributed by atoms with van der Waals surface area (Å²) >= 11 is 3.00. The summed E-state index contributed by atoms with van der Waals surface area (Å²) in [6.45, 7) is 1.98. The first-order valence-corrected chi connectivity index (χ1v) is 12.1. The summed E-state index contributed by atoms with van der Waals surface area (Å²) in [5.74, 6) is 0.794. The fourth-order valence-electron chi connectivity index (χ4n) is 3.97. The molecule has 3 aromatic rings. The average Bonchev–Trinajstić information content (AvgIpc) is 3.42.